The van der Waals surface area contributed by atoms with E-state index in [4.69, 9.17) is 26.4 Å². The zero-order valence-electron chi connectivity index (χ0n) is 16.7. The third-order valence-electron chi connectivity index (χ3n) is 3.66. The highest BCUT2D eigenvalue weighted by atomic mass is 32.1. The molecule has 7 heteroatoms. The lowest BCUT2D eigenvalue weighted by Crippen LogP contribution is -2.34. The number of benzene rings is 2. The van der Waals surface area contributed by atoms with Crippen molar-refractivity contribution in [2.75, 3.05) is 31.7 Å². The van der Waals surface area contributed by atoms with Crippen LogP contribution < -0.4 is 20.1 Å². The maximum Gasteiger partial charge on any atom is 0.261 e. The molecule has 0 fully saturated rings. The molecule has 2 aromatic rings. The van der Waals surface area contributed by atoms with Crippen molar-refractivity contribution in [1.29, 1.82) is 0 Å². The molecule has 0 aliphatic rings. The molecule has 0 aliphatic heterocycles. The van der Waals surface area contributed by atoms with Gasteiger partial charge >= 0.3 is 0 Å². The van der Waals surface area contributed by atoms with Gasteiger partial charge in [0.05, 0.1) is 17.9 Å². The van der Waals surface area contributed by atoms with E-state index in [1.165, 1.54) is 0 Å². The van der Waals surface area contributed by atoms with Crippen molar-refractivity contribution >= 4 is 28.9 Å². The van der Waals surface area contributed by atoms with Crippen LogP contribution in [-0.2, 0) is 4.74 Å². The number of anilines is 1. The zero-order chi connectivity index (χ0) is 21.1. The fourth-order valence-electron chi connectivity index (χ4n) is 2.36. The monoisotopic (exact) mass is 414 g/mol. The summed E-state index contributed by atoms with van der Waals surface area (Å²) in [5, 5.41) is 5.83. The maximum atomic E-state index is 12.7. The molecule has 2 N–H and O–H groups in total. The lowest BCUT2D eigenvalue weighted by molar-refractivity contribution is 0.0958. The van der Waals surface area contributed by atoms with E-state index in [9.17, 15) is 4.79 Å². The number of thiocarbonyl (C=S) groups is 1. The number of carbonyl (C=O) groups is 1. The average molecular weight is 415 g/mol. The van der Waals surface area contributed by atoms with Crippen molar-refractivity contribution in [3.8, 4) is 11.5 Å². The van der Waals surface area contributed by atoms with Gasteiger partial charge in [-0.05, 0) is 55.9 Å². The van der Waals surface area contributed by atoms with E-state index in [0.29, 0.717) is 49.2 Å². The van der Waals surface area contributed by atoms with Crippen molar-refractivity contribution in [3.05, 3.63) is 66.2 Å². The summed E-state index contributed by atoms with van der Waals surface area (Å²) in [5.41, 5.74) is 1.94. The smallest absolute Gasteiger partial charge is 0.261 e. The molecule has 0 heterocycles. The molecule has 2 rings (SSSR count). The minimum atomic E-state index is -0.366. The number of hydrogen-bond donors (Lipinski definition) is 2. The Labute approximate surface area is 176 Å². The Hall–Kier alpha value is -2.90. The van der Waals surface area contributed by atoms with Gasteiger partial charge in [-0.2, -0.15) is 0 Å². The van der Waals surface area contributed by atoms with Crippen LogP contribution in [-0.4, -0.2) is 37.4 Å². The summed E-state index contributed by atoms with van der Waals surface area (Å²) in [6.07, 6.45) is 0. The summed E-state index contributed by atoms with van der Waals surface area (Å²) in [5.74, 6) is 0.722. The van der Waals surface area contributed by atoms with Gasteiger partial charge in [0.2, 0.25) is 0 Å². The van der Waals surface area contributed by atoms with Crippen LogP contribution in [0.3, 0.4) is 0 Å². The molecule has 0 spiro atoms. The summed E-state index contributed by atoms with van der Waals surface area (Å²) in [7, 11) is 0. The van der Waals surface area contributed by atoms with E-state index >= 15 is 0 Å². The Morgan fingerprint density at radius 1 is 1.03 bits per heavy atom. The molecule has 29 heavy (non-hydrogen) atoms. The van der Waals surface area contributed by atoms with Crippen LogP contribution in [0.4, 0.5) is 5.69 Å². The van der Waals surface area contributed by atoms with Crippen LogP contribution in [0.25, 0.3) is 0 Å². The van der Waals surface area contributed by atoms with Gasteiger partial charge in [0.15, 0.2) is 5.11 Å². The molecular weight excluding hydrogens is 388 g/mol. The number of nitrogens with one attached hydrogen (secondary N) is 2. The molecule has 0 saturated carbocycles. The first kappa shape index (κ1) is 22.4. The Morgan fingerprint density at radius 2 is 1.72 bits per heavy atom. The summed E-state index contributed by atoms with van der Waals surface area (Å²) in [6.45, 7) is 9.44. The summed E-state index contributed by atoms with van der Waals surface area (Å²) < 4.78 is 16.6. The van der Waals surface area contributed by atoms with E-state index in [2.05, 4.69) is 17.2 Å². The number of hydrogen-bond acceptors (Lipinski definition) is 5. The molecule has 2 aromatic carbocycles. The SMILES string of the molecule is C=C(C)COc1ccccc1NC(=S)NC(=O)c1ccccc1OCCOCC. The first-order valence-electron chi connectivity index (χ1n) is 9.29. The number of rotatable bonds is 10. The second-order valence-corrected chi connectivity index (χ2v) is 6.60. The fraction of sp³-hybridized carbons (Fsp3) is 0.273. The molecular formula is C22H26N2O4S. The Morgan fingerprint density at radius 3 is 2.45 bits per heavy atom. The molecule has 0 aromatic heterocycles. The molecule has 154 valence electrons. The van der Waals surface area contributed by atoms with Gasteiger partial charge in [-0.15, -0.1) is 0 Å². The van der Waals surface area contributed by atoms with Crippen molar-refractivity contribution in [2.24, 2.45) is 0 Å². The molecule has 0 unspecified atom stereocenters. The predicted octanol–water partition coefficient (Wildman–Crippen LogP) is 4.18. The zero-order valence-corrected chi connectivity index (χ0v) is 17.5. The Balaban J connectivity index is 2.00. The van der Waals surface area contributed by atoms with Crippen molar-refractivity contribution in [2.45, 2.75) is 13.8 Å². The van der Waals surface area contributed by atoms with Crippen LogP contribution in [0.1, 0.15) is 24.2 Å². The maximum absolute atomic E-state index is 12.7. The highest BCUT2D eigenvalue weighted by Crippen LogP contribution is 2.24. The second-order valence-electron chi connectivity index (χ2n) is 6.19. The van der Waals surface area contributed by atoms with E-state index in [1.54, 1.807) is 24.3 Å². The van der Waals surface area contributed by atoms with Gasteiger partial charge in [0.1, 0.15) is 24.7 Å². The topological polar surface area (TPSA) is 68.8 Å². The van der Waals surface area contributed by atoms with Gasteiger partial charge in [0.25, 0.3) is 5.91 Å². The van der Waals surface area contributed by atoms with Crippen molar-refractivity contribution in [1.82, 2.24) is 5.32 Å². The normalized spacial score (nSPS) is 10.1. The predicted molar refractivity (Wildman–Crippen MR) is 119 cm³/mol. The molecule has 0 aliphatic carbocycles. The second kappa shape index (κ2) is 11.8. The van der Waals surface area contributed by atoms with Crippen molar-refractivity contribution in [3.63, 3.8) is 0 Å². The first-order chi connectivity index (χ1) is 14.0. The van der Waals surface area contributed by atoms with Crippen LogP contribution in [0, 0.1) is 0 Å². The molecule has 1 amide bonds. The largest absolute Gasteiger partial charge is 0.490 e. The molecule has 0 radical (unpaired) electrons. The van der Waals surface area contributed by atoms with Crippen LogP contribution in [0.2, 0.25) is 0 Å². The third-order valence-corrected chi connectivity index (χ3v) is 3.86. The molecule has 6 nitrogen and oxygen atoms in total. The standard InChI is InChI=1S/C22H26N2O4S/c1-4-26-13-14-27-19-11-7-5-9-17(19)21(25)24-22(29)23-18-10-6-8-12-20(18)28-15-16(2)3/h5-12H,2,4,13-15H2,1,3H3,(H2,23,24,25,29). The van der Waals surface area contributed by atoms with E-state index in [0.717, 1.165) is 5.57 Å². The third kappa shape index (κ3) is 7.56. The van der Waals surface area contributed by atoms with Crippen molar-refractivity contribution < 1.29 is 19.0 Å². The lowest BCUT2D eigenvalue weighted by Gasteiger charge is -2.15. The van der Waals surface area contributed by atoms with E-state index in [1.807, 2.05) is 38.1 Å². The van der Waals surface area contributed by atoms with Gasteiger partial charge in [-0.1, -0.05) is 30.8 Å². The quantitative estimate of drug-likeness (QED) is 0.345. The van der Waals surface area contributed by atoms with Crippen LogP contribution in [0.15, 0.2) is 60.7 Å². The Kier molecular flexibility index (Phi) is 9.14. The Bertz CT molecular complexity index is 854. The average Bonchev–Trinajstić information content (AvgIpc) is 2.70. The lowest BCUT2D eigenvalue weighted by atomic mass is 10.2. The fourth-order valence-corrected chi connectivity index (χ4v) is 2.56. The highest BCUT2D eigenvalue weighted by Gasteiger charge is 2.14. The minimum Gasteiger partial charge on any atom is -0.490 e. The summed E-state index contributed by atoms with van der Waals surface area (Å²) in [4.78, 5) is 12.7. The van der Waals surface area contributed by atoms with Gasteiger partial charge in [-0.3, -0.25) is 10.1 Å². The molecule has 0 bridgehead atoms. The first-order valence-corrected chi connectivity index (χ1v) is 9.70. The number of para-hydroxylation sites is 3. The highest BCUT2D eigenvalue weighted by molar-refractivity contribution is 7.80. The number of carbonyl (C=O) groups excluding carboxylic acids is 1. The van der Waals surface area contributed by atoms with Gasteiger partial charge < -0.3 is 19.5 Å². The summed E-state index contributed by atoms with van der Waals surface area (Å²) in [6, 6.07) is 14.3. The summed E-state index contributed by atoms with van der Waals surface area (Å²) >= 11 is 5.30. The number of amides is 1. The van der Waals surface area contributed by atoms with Crippen LogP contribution in [0.5, 0.6) is 11.5 Å². The molecule has 0 atom stereocenters. The van der Waals surface area contributed by atoms with E-state index in [-0.39, 0.29) is 11.0 Å². The van der Waals surface area contributed by atoms with Gasteiger partial charge in [0, 0.05) is 6.61 Å². The van der Waals surface area contributed by atoms with E-state index < -0.39 is 0 Å². The molecule has 0 saturated heterocycles. The van der Waals surface area contributed by atoms with Crippen LogP contribution >= 0.6 is 12.2 Å². The minimum absolute atomic E-state index is 0.158. The number of ether oxygens (including phenoxy) is 3. The van der Waals surface area contributed by atoms with Gasteiger partial charge in [-0.25, -0.2) is 0 Å².